The molecule has 0 N–H and O–H groups in total. The number of likely N-dealkylation sites (N-methyl/N-ethyl adjacent to an activating group) is 1. The van der Waals surface area contributed by atoms with Crippen LogP contribution >= 0.6 is 0 Å². The second-order valence-corrected chi connectivity index (χ2v) is 4.71. The van der Waals surface area contributed by atoms with Gasteiger partial charge in [0.2, 0.25) is 6.41 Å². The summed E-state index contributed by atoms with van der Waals surface area (Å²) in [5, 5.41) is 0. The third-order valence-corrected chi connectivity index (χ3v) is 3.65. The van der Waals surface area contributed by atoms with Crippen LogP contribution in [0.25, 0.3) is 0 Å². The van der Waals surface area contributed by atoms with Crippen molar-refractivity contribution >= 4 is 0 Å². The van der Waals surface area contributed by atoms with E-state index in [9.17, 15) is 0 Å². The van der Waals surface area contributed by atoms with Crippen molar-refractivity contribution < 1.29 is 9.47 Å². The third-order valence-electron chi connectivity index (χ3n) is 3.65. The van der Waals surface area contributed by atoms with Gasteiger partial charge in [0.1, 0.15) is 0 Å². The second kappa shape index (κ2) is 5.42. The molecule has 0 aromatic heterocycles. The van der Waals surface area contributed by atoms with Gasteiger partial charge in [0.05, 0.1) is 0 Å². The highest BCUT2D eigenvalue weighted by Crippen LogP contribution is 2.16. The fourth-order valence-corrected chi connectivity index (χ4v) is 2.77. The number of rotatable bonds is 5. The highest BCUT2D eigenvalue weighted by Gasteiger charge is 2.33. The Balaban J connectivity index is 1.85. The van der Waals surface area contributed by atoms with E-state index in [0.29, 0.717) is 6.04 Å². The van der Waals surface area contributed by atoms with Gasteiger partial charge in [-0.2, -0.15) is 0 Å². The maximum Gasteiger partial charge on any atom is 0.217 e. The fourth-order valence-electron chi connectivity index (χ4n) is 2.77. The maximum atomic E-state index is 5.25. The summed E-state index contributed by atoms with van der Waals surface area (Å²) in [6, 6.07) is 0.625. The van der Waals surface area contributed by atoms with E-state index < -0.39 is 0 Å². The minimum Gasteiger partial charge on any atom is -0.343 e. The molecule has 16 heavy (non-hydrogen) atoms. The monoisotopic (exact) mass is 229 g/mol. The lowest BCUT2D eigenvalue weighted by atomic mass is 10.1. The van der Waals surface area contributed by atoms with Crippen molar-refractivity contribution in [2.45, 2.75) is 12.5 Å². The molecule has 0 saturated carbocycles. The van der Waals surface area contributed by atoms with Gasteiger partial charge >= 0.3 is 0 Å². The van der Waals surface area contributed by atoms with E-state index in [1.54, 1.807) is 14.2 Å². The molecular formula is C11H23N3O2. The van der Waals surface area contributed by atoms with Crippen LogP contribution in [0.3, 0.4) is 0 Å². The largest absolute Gasteiger partial charge is 0.343 e. The Bertz CT molecular complexity index is 215. The first-order valence-electron chi connectivity index (χ1n) is 5.97. The van der Waals surface area contributed by atoms with E-state index in [4.69, 9.17) is 9.47 Å². The van der Waals surface area contributed by atoms with E-state index in [1.807, 2.05) is 0 Å². The molecule has 0 amide bonds. The molecule has 2 bridgehead atoms. The van der Waals surface area contributed by atoms with Crippen molar-refractivity contribution in [2.24, 2.45) is 0 Å². The summed E-state index contributed by atoms with van der Waals surface area (Å²) in [7, 11) is 5.42. The Morgan fingerprint density at radius 2 is 1.81 bits per heavy atom. The van der Waals surface area contributed by atoms with E-state index in [1.165, 1.54) is 32.7 Å². The number of nitrogens with zero attached hydrogens (tertiary/aromatic N) is 3. The minimum atomic E-state index is -0.225. The predicted octanol–water partition coefficient (Wildman–Crippen LogP) is -0.506. The van der Waals surface area contributed by atoms with Crippen LogP contribution in [0.1, 0.15) is 0 Å². The molecule has 94 valence electrons. The highest BCUT2D eigenvalue weighted by atomic mass is 16.7. The number of methoxy groups -OCH3 is 2. The van der Waals surface area contributed by atoms with Gasteiger partial charge in [-0.25, -0.2) is 0 Å². The van der Waals surface area contributed by atoms with E-state index in [0.717, 1.165) is 6.54 Å². The van der Waals surface area contributed by atoms with Crippen LogP contribution in [0.15, 0.2) is 0 Å². The molecule has 3 aliphatic heterocycles. The van der Waals surface area contributed by atoms with Gasteiger partial charge in [0, 0.05) is 59.5 Å². The molecule has 3 rings (SSSR count). The van der Waals surface area contributed by atoms with Gasteiger partial charge in [-0.05, 0) is 7.05 Å². The fraction of sp³-hybridized carbons (Fsp3) is 1.00. The van der Waals surface area contributed by atoms with Crippen LogP contribution in [-0.2, 0) is 9.47 Å². The second-order valence-electron chi connectivity index (χ2n) is 4.71. The van der Waals surface area contributed by atoms with Crippen molar-refractivity contribution in [3.05, 3.63) is 0 Å². The first kappa shape index (κ1) is 12.3. The molecule has 3 heterocycles. The van der Waals surface area contributed by atoms with Gasteiger partial charge < -0.3 is 9.47 Å². The summed E-state index contributed by atoms with van der Waals surface area (Å²) in [5.74, 6) is 0. The van der Waals surface area contributed by atoms with Crippen molar-refractivity contribution in [1.82, 2.24) is 14.7 Å². The normalized spacial score (nSPS) is 33.9. The SMILES string of the molecule is COC(OC)N(C)CC1CN2CCN1CC2. The first-order valence-corrected chi connectivity index (χ1v) is 5.97. The van der Waals surface area contributed by atoms with Gasteiger partial charge in [0.15, 0.2) is 0 Å². The number of hydrogen-bond acceptors (Lipinski definition) is 5. The van der Waals surface area contributed by atoms with Crippen LogP contribution < -0.4 is 0 Å². The zero-order valence-corrected chi connectivity index (χ0v) is 10.6. The topological polar surface area (TPSA) is 28.2 Å². The Hall–Kier alpha value is -0.200. The molecule has 3 saturated heterocycles. The average molecular weight is 229 g/mol. The molecule has 3 aliphatic rings. The van der Waals surface area contributed by atoms with Gasteiger partial charge in [-0.15, -0.1) is 0 Å². The minimum absolute atomic E-state index is 0.225. The molecule has 0 spiro atoms. The Labute approximate surface area is 97.9 Å². The van der Waals surface area contributed by atoms with E-state index >= 15 is 0 Å². The lowest BCUT2D eigenvalue weighted by molar-refractivity contribution is -0.194. The van der Waals surface area contributed by atoms with Crippen LogP contribution in [-0.4, -0.2) is 87.7 Å². The highest BCUT2D eigenvalue weighted by molar-refractivity contribution is 4.89. The van der Waals surface area contributed by atoms with Gasteiger partial charge in [0.25, 0.3) is 0 Å². The molecule has 5 nitrogen and oxygen atoms in total. The number of piperazine rings is 3. The quantitative estimate of drug-likeness (QED) is 0.592. The standard InChI is InChI=1S/C11H23N3O2/c1-12(11(15-2)16-3)8-10-9-13-4-6-14(10)7-5-13/h10-11H,4-9H2,1-3H3. The first-order chi connectivity index (χ1) is 7.74. The molecule has 1 unspecified atom stereocenters. The summed E-state index contributed by atoms with van der Waals surface area (Å²) < 4.78 is 10.5. The van der Waals surface area contributed by atoms with Crippen molar-refractivity contribution in [3.63, 3.8) is 0 Å². The number of hydrogen-bond donors (Lipinski definition) is 0. The Morgan fingerprint density at radius 1 is 1.19 bits per heavy atom. The molecule has 1 atom stereocenters. The molecule has 3 fully saturated rings. The van der Waals surface area contributed by atoms with Crippen LogP contribution in [0.5, 0.6) is 0 Å². The van der Waals surface area contributed by atoms with E-state index in [2.05, 4.69) is 21.7 Å². The molecule has 5 heteroatoms. The molecular weight excluding hydrogens is 206 g/mol. The van der Waals surface area contributed by atoms with Crippen LogP contribution in [0.2, 0.25) is 0 Å². The summed E-state index contributed by atoms with van der Waals surface area (Å²) in [4.78, 5) is 7.26. The lowest BCUT2D eigenvalue weighted by Gasteiger charge is -2.48. The lowest BCUT2D eigenvalue weighted by Crippen LogP contribution is -2.63. The van der Waals surface area contributed by atoms with Crippen LogP contribution in [0.4, 0.5) is 0 Å². The van der Waals surface area contributed by atoms with Gasteiger partial charge in [-0.1, -0.05) is 0 Å². The zero-order valence-electron chi connectivity index (χ0n) is 10.6. The van der Waals surface area contributed by atoms with Crippen LogP contribution in [0, 0.1) is 0 Å². The van der Waals surface area contributed by atoms with Crippen molar-refractivity contribution in [2.75, 3.05) is 60.5 Å². The number of fused-ring (bicyclic) bond motifs is 3. The summed E-state index contributed by atoms with van der Waals surface area (Å²) in [5.41, 5.74) is 0. The number of ether oxygens (including phenoxy) is 2. The third kappa shape index (κ3) is 2.55. The van der Waals surface area contributed by atoms with Crippen molar-refractivity contribution in [1.29, 1.82) is 0 Å². The average Bonchev–Trinajstić information content (AvgIpc) is 2.32. The summed E-state index contributed by atoms with van der Waals surface area (Å²) >= 11 is 0. The summed E-state index contributed by atoms with van der Waals surface area (Å²) in [6.45, 7) is 7.08. The van der Waals surface area contributed by atoms with E-state index in [-0.39, 0.29) is 6.41 Å². The molecule has 0 radical (unpaired) electrons. The maximum absolute atomic E-state index is 5.25. The molecule has 0 aromatic carbocycles. The molecule has 0 aromatic rings. The Kier molecular flexibility index (Phi) is 4.16. The van der Waals surface area contributed by atoms with Gasteiger partial charge in [-0.3, -0.25) is 14.7 Å². The van der Waals surface area contributed by atoms with Crippen molar-refractivity contribution in [3.8, 4) is 0 Å². The molecule has 0 aliphatic carbocycles. The Morgan fingerprint density at radius 3 is 2.25 bits per heavy atom. The smallest absolute Gasteiger partial charge is 0.217 e. The predicted molar refractivity (Wildman–Crippen MR) is 62.2 cm³/mol. The summed E-state index contributed by atoms with van der Waals surface area (Å²) in [6.07, 6.45) is -0.225. The zero-order chi connectivity index (χ0) is 11.5.